The van der Waals surface area contributed by atoms with Gasteiger partial charge in [0, 0.05) is 19.0 Å². The Morgan fingerprint density at radius 2 is 1.96 bits per heavy atom. The van der Waals surface area contributed by atoms with E-state index >= 15 is 0 Å². The molecule has 1 aliphatic carbocycles. The minimum atomic E-state index is -0.268. The molecule has 0 radical (unpaired) electrons. The fraction of sp³-hybridized carbons (Fsp3) is 0.667. The number of carbonyl (C=O) groups is 1. The summed E-state index contributed by atoms with van der Waals surface area (Å²) < 4.78 is 4.92. The molecule has 0 aromatic heterocycles. The van der Waals surface area contributed by atoms with Gasteiger partial charge in [-0.25, -0.2) is 4.79 Å². The van der Waals surface area contributed by atoms with Crippen LogP contribution in [0.1, 0.15) is 62.0 Å². The van der Waals surface area contributed by atoms with E-state index in [9.17, 15) is 4.79 Å². The van der Waals surface area contributed by atoms with E-state index in [1.54, 1.807) is 0 Å². The summed E-state index contributed by atoms with van der Waals surface area (Å²) >= 11 is 0. The Morgan fingerprint density at radius 1 is 1.28 bits per heavy atom. The van der Waals surface area contributed by atoms with Gasteiger partial charge in [0.15, 0.2) is 0 Å². The van der Waals surface area contributed by atoms with Crippen molar-refractivity contribution in [3.05, 3.63) is 34.9 Å². The number of nitrogens with zero attached hydrogens (tertiary/aromatic N) is 1. The van der Waals surface area contributed by atoms with E-state index in [1.807, 2.05) is 18.2 Å². The first-order valence-electron chi connectivity index (χ1n) is 9.20. The largest absolute Gasteiger partial charge is 0.465 e. The van der Waals surface area contributed by atoms with E-state index in [-0.39, 0.29) is 17.0 Å². The van der Waals surface area contributed by atoms with Crippen molar-refractivity contribution in [3.63, 3.8) is 0 Å². The van der Waals surface area contributed by atoms with E-state index in [0.717, 1.165) is 12.8 Å². The molecular formula is C21H31NO3. The van der Waals surface area contributed by atoms with Gasteiger partial charge in [-0.05, 0) is 68.2 Å². The molecule has 25 heavy (non-hydrogen) atoms. The van der Waals surface area contributed by atoms with Gasteiger partial charge >= 0.3 is 5.97 Å². The first kappa shape index (κ1) is 18.4. The molecule has 4 heteroatoms. The van der Waals surface area contributed by atoms with Crippen LogP contribution < -0.4 is 0 Å². The maximum atomic E-state index is 12.0. The molecule has 138 valence electrons. The zero-order chi connectivity index (χ0) is 18.6. The summed E-state index contributed by atoms with van der Waals surface area (Å²) in [5.74, 6) is 0.722. The highest BCUT2D eigenvalue weighted by atomic mass is 16.7. The van der Waals surface area contributed by atoms with Crippen molar-refractivity contribution >= 4 is 5.97 Å². The van der Waals surface area contributed by atoms with Crippen LogP contribution in [0.2, 0.25) is 0 Å². The molecule has 1 aromatic carbocycles. The van der Waals surface area contributed by atoms with Crippen LogP contribution in [0.25, 0.3) is 0 Å². The molecule has 0 spiro atoms. The molecule has 2 fully saturated rings. The van der Waals surface area contributed by atoms with E-state index in [1.165, 1.54) is 18.2 Å². The normalized spacial score (nSPS) is 34.6. The van der Waals surface area contributed by atoms with Gasteiger partial charge in [0.1, 0.15) is 0 Å². The number of hydrogen-bond acceptors (Lipinski definition) is 4. The van der Waals surface area contributed by atoms with Crippen LogP contribution in [-0.2, 0) is 15.0 Å². The average Bonchev–Trinajstić information content (AvgIpc) is 2.75. The van der Waals surface area contributed by atoms with Gasteiger partial charge in [-0.3, -0.25) is 4.84 Å². The molecule has 3 rings (SSSR count). The number of fused-ring (bicyclic) bond motifs is 1. The van der Waals surface area contributed by atoms with Crippen molar-refractivity contribution in [1.82, 2.24) is 5.06 Å². The molecular weight excluding hydrogens is 314 g/mol. The van der Waals surface area contributed by atoms with Crippen molar-refractivity contribution in [1.29, 1.82) is 0 Å². The summed E-state index contributed by atoms with van der Waals surface area (Å²) in [6.45, 7) is 11.2. The average molecular weight is 345 g/mol. The molecule has 1 aliphatic heterocycles. The lowest BCUT2D eigenvalue weighted by Gasteiger charge is -2.47. The number of aryl methyl sites for hydroxylation is 1. The lowest BCUT2D eigenvalue weighted by Crippen LogP contribution is -2.48. The minimum absolute atomic E-state index is 0.0283. The van der Waals surface area contributed by atoms with Gasteiger partial charge in [-0.15, -0.1) is 0 Å². The second-order valence-electron chi connectivity index (χ2n) is 8.81. The quantitative estimate of drug-likeness (QED) is 0.756. The second-order valence-corrected chi connectivity index (χ2v) is 8.81. The molecule has 0 unspecified atom stereocenters. The van der Waals surface area contributed by atoms with Crippen LogP contribution in [0.3, 0.4) is 0 Å². The third-order valence-electron chi connectivity index (χ3n) is 6.44. The van der Waals surface area contributed by atoms with Crippen LogP contribution >= 0.6 is 0 Å². The van der Waals surface area contributed by atoms with Gasteiger partial charge in [0.2, 0.25) is 0 Å². The maximum absolute atomic E-state index is 12.0. The number of methoxy groups -OCH3 is 1. The topological polar surface area (TPSA) is 38.8 Å². The summed E-state index contributed by atoms with van der Waals surface area (Å²) in [6, 6.07) is 6.40. The smallest absolute Gasteiger partial charge is 0.337 e. The number of hydroxylamine groups is 2. The number of rotatable bonds is 2. The van der Waals surface area contributed by atoms with Gasteiger partial charge < -0.3 is 4.74 Å². The first-order chi connectivity index (χ1) is 11.6. The summed E-state index contributed by atoms with van der Waals surface area (Å²) in [7, 11) is 3.50. The van der Waals surface area contributed by atoms with Gasteiger partial charge in [-0.2, -0.15) is 5.06 Å². The maximum Gasteiger partial charge on any atom is 0.337 e. The third-order valence-corrected chi connectivity index (χ3v) is 6.44. The summed E-state index contributed by atoms with van der Waals surface area (Å²) in [4.78, 5) is 18.2. The highest BCUT2D eigenvalue weighted by Gasteiger charge is 2.55. The van der Waals surface area contributed by atoms with Gasteiger partial charge in [-0.1, -0.05) is 19.9 Å². The Labute approximate surface area is 151 Å². The van der Waals surface area contributed by atoms with Crippen LogP contribution in [0.4, 0.5) is 0 Å². The molecule has 1 aromatic rings. The van der Waals surface area contributed by atoms with Crippen molar-refractivity contribution < 1.29 is 14.4 Å². The Kier molecular flexibility index (Phi) is 4.49. The Balaban J connectivity index is 2.01. The minimum Gasteiger partial charge on any atom is -0.465 e. The van der Waals surface area contributed by atoms with E-state index in [2.05, 4.69) is 46.7 Å². The van der Waals surface area contributed by atoms with Crippen LogP contribution in [0, 0.1) is 18.8 Å². The van der Waals surface area contributed by atoms with E-state index in [0.29, 0.717) is 23.4 Å². The Hall–Kier alpha value is -1.39. The molecule has 1 saturated carbocycles. The predicted octanol–water partition coefficient (Wildman–Crippen LogP) is 4.11. The molecule has 1 saturated heterocycles. The zero-order valence-corrected chi connectivity index (χ0v) is 16.6. The number of esters is 1. The Bertz CT molecular complexity index is 684. The van der Waals surface area contributed by atoms with Crippen LogP contribution in [-0.4, -0.2) is 36.8 Å². The summed E-state index contributed by atoms with van der Waals surface area (Å²) in [6.07, 6.45) is 2.15. The molecule has 0 bridgehead atoms. The SMILES string of the molecule is COC(=O)c1ccc(C)c([C@@]2(C)C[C@@H]3[C@@H]([C@@H](C)C2)N(C)OC3(C)C)c1. The number of benzene rings is 1. The van der Waals surface area contributed by atoms with Crippen molar-refractivity contribution in [3.8, 4) is 0 Å². The van der Waals surface area contributed by atoms with Crippen LogP contribution in [0.5, 0.6) is 0 Å². The van der Waals surface area contributed by atoms with E-state index < -0.39 is 0 Å². The van der Waals surface area contributed by atoms with Crippen molar-refractivity contribution in [2.75, 3.05) is 14.2 Å². The lowest BCUT2D eigenvalue weighted by atomic mass is 9.58. The zero-order valence-electron chi connectivity index (χ0n) is 16.6. The van der Waals surface area contributed by atoms with Crippen molar-refractivity contribution in [2.24, 2.45) is 11.8 Å². The lowest BCUT2D eigenvalue weighted by molar-refractivity contribution is -0.182. The molecule has 4 atom stereocenters. The van der Waals surface area contributed by atoms with Crippen molar-refractivity contribution in [2.45, 2.75) is 64.5 Å². The number of carbonyl (C=O) groups excluding carboxylic acids is 1. The molecule has 4 nitrogen and oxygen atoms in total. The molecule has 2 aliphatic rings. The van der Waals surface area contributed by atoms with Gasteiger partial charge in [0.05, 0.1) is 18.3 Å². The van der Waals surface area contributed by atoms with Gasteiger partial charge in [0.25, 0.3) is 0 Å². The fourth-order valence-corrected chi connectivity index (χ4v) is 5.42. The highest BCUT2D eigenvalue weighted by Crippen LogP contribution is 2.53. The molecule has 1 heterocycles. The highest BCUT2D eigenvalue weighted by molar-refractivity contribution is 5.89. The summed E-state index contributed by atoms with van der Waals surface area (Å²) in [5, 5.41) is 2.08. The number of ether oxygens (including phenoxy) is 1. The molecule has 0 N–H and O–H groups in total. The van der Waals surface area contributed by atoms with Crippen LogP contribution in [0.15, 0.2) is 18.2 Å². The third kappa shape index (κ3) is 3.00. The summed E-state index contributed by atoms with van der Waals surface area (Å²) in [5.41, 5.74) is 3.01. The molecule has 0 amide bonds. The monoisotopic (exact) mass is 345 g/mol. The van der Waals surface area contributed by atoms with E-state index in [4.69, 9.17) is 9.57 Å². The standard InChI is InChI=1S/C21H31NO3/c1-13-8-9-15(19(23)24-7)10-16(13)21(5)11-14(2)18-17(12-21)20(3,4)25-22(18)6/h8-10,14,17-18H,11-12H2,1-7H3/t14-,17+,18+,21+/m0/s1. The number of hydrogen-bond donors (Lipinski definition) is 0. The predicted molar refractivity (Wildman–Crippen MR) is 98.5 cm³/mol. The Morgan fingerprint density at radius 3 is 2.60 bits per heavy atom. The fourth-order valence-electron chi connectivity index (χ4n) is 5.42. The first-order valence-corrected chi connectivity index (χ1v) is 9.20. The second kappa shape index (κ2) is 6.10.